The first-order chi connectivity index (χ1) is 10.2. The van der Waals surface area contributed by atoms with E-state index in [0.29, 0.717) is 11.4 Å². The Morgan fingerprint density at radius 3 is 2.19 bits per heavy atom. The van der Waals surface area contributed by atoms with Crippen LogP contribution in [0.2, 0.25) is 0 Å². The maximum atomic E-state index is 12.6. The molecule has 0 amide bonds. The Labute approximate surface area is 125 Å². The molecular weight excluding hydrogens is 282 g/mol. The van der Waals surface area contributed by atoms with Gasteiger partial charge in [0.25, 0.3) is 0 Å². The van der Waals surface area contributed by atoms with E-state index in [1.807, 2.05) is 42.5 Å². The second-order valence-corrected chi connectivity index (χ2v) is 7.63. The number of sulfone groups is 1. The van der Waals surface area contributed by atoms with Crippen molar-refractivity contribution in [1.82, 2.24) is 5.32 Å². The molecule has 1 unspecified atom stereocenters. The Kier molecular flexibility index (Phi) is 4.08. The molecule has 4 heteroatoms. The predicted molar refractivity (Wildman–Crippen MR) is 85.0 cm³/mol. The third-order valence-electron chi connectivity index (χ3n) is 3.98. The van der Waals surface area contributed by atoms with Gasteiger partial charge in [-0.25, -0.2) is 8.42 Å². The molecule has 2 aromatic carbocycles. The molecule has 110 valence electrons. The highest BCUT2D eigenvalue weighted by atomic mass is 32.2. The van der Waals surface area contributed by atoms with Crippen molar-refractivity contribution in [2.75, 3.05) is 13.1 Å². The molecule has 3 nitrogen and oxygen atoms in total. The molecule has 0 radical (unpaired) electrons. The Balaban J connectivity index is 1.87. The van der Waals surface area contributed by atoms with E-state index in [4.69, 9.17) is 0 Å². The van der Waals surface area contributed by atoms with Crippen LogP contribution in [0.15, 0.2) is 59.5 Å². The maximum Gasteiger partial charge on any atom is 0.182 e. The molecule has 0 aliphatic carbocycles. The SMILES string of the molecule is O=S(=O)(c1ccc(-c2ccccc2)cc1)C1CCCNC1. The lowest BCUT2D eigenvalue weighted by Gasteiger charge is -2.22. The van der Waals surface area contributed by atoms with Gasteiger partial charge in [0.15, 0.2) is 9.84 Å². The lowest BCUT2D eigenvalue weighted by molar-refractivity contribution is 0.497. The number of nitrogens with one attached hydrogen (secondary N) is 1. The fourth-order valence-electron chi connectivity index (χ4n) is 2.74. The Hall–Kier alpha value is -1.65. The molecule has 1 aliphatic rings. The largest absolute Gasteiger partial charge is 0.315 e. The number of hydrogen-bond acceptors (Lipinski definition) is 3. The molecule has 1 N–H and O–H groups in total. The first kappa shape index (κ1) is 14.3. The van der Waals surface area contributed by atoms with Crippen molar-refractivity contribution in [3.05, 3.63) is 54.6 Å². The number of benzene rings is 2. The summed E-state index contributed by atoms with van der Waals surface area (Å²) < 4.78 is 25.2. The Morgan fingerprint density at radius 2 is 1.57 bits per heavy atom. The van der Waals surface area contributed by atoms with Gasteiger partial charge in [-0.1, -0.05) is 42.5 Å². The highest BCUT2D eigenvalue weighted by molar-refractivity contribution is 7.92. The van der Waals surface area contributed by atoms with E-state index in [0.717, 1.165) is 30.5 Å². The topological polar surface area (TPSA) is 46.2 Å². The fraction of sp³-hybridized carbons (Fsp3) is 0.294. The molecule has 0 bridgehead atoms. The summed E-state index contributed by atoms with van der Waals surface area (Å²) in [5, 5.41) is 2.87. The molecular formula is C17H19NO2S. The molecule has 0 spiro atoms. The van der Waals surface area contributed by atoms with E-state index in [1.54, 1.807) is 12.1 Å². The van der Waals surface area contributed by atoms with Gasteiger partial charge < -0.3 is 5.32 Å². The standard InChI is InChI=1S/C17H19NO2S/c19-21(20,17-7-4-12-18-13-17)16-10-8-15(9-11-16)14-5-2-1-3-6-14/h1-3,5-6,8-11,17-18H,4,7,12-13H2. The normalized spacial score (nSPS) is 19.3. The van der Waals surface area contributed by atoms with Gasteiger partial charge in [0, 0.05) is 6.54 Å². The molecule has 1 aliphatic heterocycles. The molecule has 0 saturated carbocycles. The molecule has 1 heterocycles. The van der Waals surface area contributed by atoms with E-state index in [-0.39, 0.29) is 5.25 Å². The summed E-state index contributed by atoms with van der Waals surface area (Å²) in [6.07, 6.45) is 1.67. The molecule has 21 heavy (non-hydrogen) atoms. The fourth-order valence-corrected chi connectivity index (χ4v) is 4.46. The summed E-state index contributed by atoms with van der Waals surface area (Å²) in [7, 11) is -3.22. The predicted octanol–water partition coefficient (Wildman–Crippen LogP) is 2.88. The molecule has 0 aromatic heterocycles. The minimum Gasteiger partial charge on any atom is -0.315 e. The van der Waals surface area contributed by atoms with E-state index < -0.39 is 9.84 Å². The number of hydrogen-bond donors (Lipinski definition) is 1. The minimum atomic E-state index is -3.22. The van der Waals surface area contributed by atoms with Crippen LogP contribution in [0.4, 0.5) is 0 Å². The zero-order valence-corrected chi connectivity index (χ0v) is 12.6. The van der Waals surface area contributed by atoms with Crippen LogP contribution in [0.5, 0.6) is 0 Å². The van der Waals surface area contributed by atoms with Gasteiger partial charge in [-0.2, -0.15) is 0 Å². The maximum absolute atomic E-state index is 12.6. The second-order valence-electron chi connectivity index (χ2n) is 5.40. The average molecular weight is 301 g/mol. The van der Waals surface area contributed by atoms with Crippen molar-refractivity contribution in [2.45, 2.75) is 23.0 Å². The Morgan fingerprint density at radius 1 is 0.905 bits per heavy atom. The summed E-state index contributed by atoms with van der Waals surface area (Å²) in [6.45, 7) is 1.47. The van der Waals surface area contributed by atoms with Gasteiger partial charge in [-0.15, -0.1) is 0 Å². The third-order valence-corrected chi connectivity index (χ3v) is 6.19. The van der Waals surface area contributed by atoms with E-state index in [9.17, 15) is 8.42 Å². The molecule has 1 saturated heterocycles. The summed E-state index contributed by atoms with van der Waals surface area (Å²) in [4.78, 5) is 0.427. The van der Waals surface area contributed by atoms with Gasteiger partial charge >= 0.3 is 0 Å². The average Bonchev–Trinajstić information content (AvgIpc) is 2.57. The molecule has 2 aromatic rings. The Bertz CT molecular complexity index is 687. The van der Waals surface area contributed by atoms with Crippen molar-refractivity contribution in [2.24, 2.45) is 0 Å². The zero-order chi connectivity index (χ0) is 14.7. The van der Waals surface area contributed by atoms with Gasteiger partial charge in [0.2, 0.25) is 0 Å². The quantitative estimate of drug-likeness (QED) is 0.948. The summed E-state index contributed by atoms with van der Waals surface area (Å²) >= 11 is 0. The number of rotatable bonds is 3. The third kappa shape index (κ3) is 3.01. The van der Waals surface area contributed by atoms with Crippen molar-refractivity contribution < 1.29 is 8.42 Å². The van der Waals surface area contributed by atoms with Crippen molar-refractivity contribution in [3.8, 4) is 11.1 Å². The van der Waals surface area contributed by atoms with Crippen molar-refractivity contribution >= 4 is 9.84 Å². The van der Waals surface area contributed by atoms with Crippen molar-refractivity contribution in [1.29, 1.82) is 0 Å². The molecule has 1 fully saturated rings. The van der Waals surface area contributed by atoms with Crippen LogP contribution in [0.25, 0.3) is 11.1 Å². The van der Waals surface area contributed by atoms with Crippen LogP contribution in [0.1, 0.15) is 12.8 Å². The second kappa shape index (κ2) is 6.00. The lowest BCUT2D eigenvalue weighted by atomic mass is 10.1. The van der Waals surface area contributed by atoms with Crippen LogP contribution in [0, 0.1) is 0 Å². The lowest BCUT2D eigenvalue weighted by Crippen LogP contribution is -2.38. The monoisotopic (exact) mass is 301 g/mol. The first-order valence-electron chi connectivity index (χ1n) is 7.28. The van der Waals surface area contributed by atoms with Gasteiger partial charge in [0.05, 0.1) is 10.1 Å². The summed E-state index contributed by atoms with van der Waals surface area (Å²) in [5.41, 5.74) is 2.14. The van der Waals surface area contributed by atoms with Crippen LogP contribution in [-0.2, 0) is 9.84 Å². The number of piperidine rings is 1. The van der Waals surface area contributed by atoms with E-state index >= 15 is 0 Å². The van der Waals surface area contributed by atoms with E-state index in [1.165, 1.54) is 0 Å². The van der Waals surface area contributed by atoms with Crippen LogP contribution >= 0.6 is 0 Å². The highest BCUT2D eigenvalue weighted by Crippen LogP contribution is 2.25. The first-order valence-corrected chi connectivity index (χ1v) is 8.83. The smallest absolute Gasteiger partial charge is 0.182 e. The molecule has 1 atom stereocenters. The van der Waals surface area contributed by atoms with Gasteiger partial charge in [-0.05, 0) is 42.6 Å². The van der Waals surface area contributed by atoms with Crippen molar-refractivity contribution in [3.63, 3.8) is 0 Å². The zero-order valence-electron chi connectivity index (χ0n) is 11.8. The highest BCUT2D eigenvalue weighted by Gasteiger charge is 2.28. The van der Waals surface area contributed by atoms with Crippen LogP contribution in [-0.4, -0.2) is 26.8 Å². The van der Waals surface area contributed by atoms with E-state index in [2.05, 4.69) is 5.32 Å². The van der Waals surface area contributed by atoms with Crippen LogP contribution in [0.3, 0.4) is 0 Å². The van der Waals surface area contributed by atoms with Gasteiger partial charge in [-0.3, -0.25) is 0 Å². The summed E-state index contributed by atoms with van der Waals surface area (Å²) in [5.74, 6) is 0. The van der Waals surface area contributed by atoms with Crippen LogP contribution < -0.4 is 5.32 Å². The minimum absolute atomic E-state index is 0.297. The molecule has 3 rings (SSSR count). The van der Waals surface area contributed by atoms with Gasteiger partial charge in [0.1, 0.15) is 0 Å². The summed E-state index contributed by atoms with van der Waals surface area (Å²) in [6, 6.07) is 17.2.